The number of rotatable bonds is 5. The molecule has 0 radical (unpaired) electrons. The van der Waals surface area contributed by atoms with Crippen molar-refractivity contribution in [3.8, 4) is 0 Å². The van der Waals surface area contributed by atoms with E-state index in [4.69, 9.17) is 4.74 Å². The van der Waals surface area contributed by atoms with Gasteiger partial charge in [0.05, 0.1) is 13.2 Å². The lowest BCUT2D eigenvalue weighted by Gasteiger charge is -2.38. The summed E-state index contributed by atoms with van der Waals surface area (Å²) in [6, 6.07) is 1.57. The molecule has 2 fully saturated rings. The minimum absolute atomic E-state index is 0.488. The lowest BCUT2D eigenvalue weighted by Crippen LogP contribution is -2.54. The average Bonchev–Trinajstić information content (AvgIpc) is 2.58. The highest BCUT2D eigenvalue weighted by Crippen LogP contribution is 2.26. The van der Waals surface area contributed by atoms with Gasteiger partial charge in [-0.05, 0) is 32.6 Å². The molecule has 134 valence electrons. The van der Waals surface area contributed by atoms with Crippen molar-refractivity contribution in [3.05, 3.63) is 0 Å². The summed E-state index contributed by atoms with van der Waals surface area (Å²) in [5.74, 6) is 1.84. The number of aliphatic imine (C=N–C) groups is 1. The van der Waals surface area contributed by atoms with Gasteiger partial charge in [0.1, 0.15) is 0 Å². The van der Waals surface area contributed by atoms with Gasteiger partial charge in [0.25, 0.3) is 0 Å². The topological polar surface area (TPSA) is 48.9 Å². The second-order valence-corrected chi connectivity index (χ2v) is 7.25. The molecule has 5 nitrogen and oxygen atoms in total. The molecular weight excluding hydrogens is 288 g/mol. The predicted molar refractivity (Wildman–Crippen MR) is 97.0 cm³/mol. The number of nitrogens with one attached hydrogen (secondary N) is 2. The van der Waals surface area contributed by atoms with Crippen LogP contribution >= 0.6 is 0 Å². The number of hydrogen-bond acceptors (Lipinski definition) is 3. The summed E-state index contributed by atoms with van der Waals surface area (Å²) < 4.78 is 5.53. The van der Waals surface area contributed by atoms with E-state index in [1.54, 1.807) is 0 Å². The van der Waals surface area contributed by atoms with Crippen LogP contribution in [0.3, 0.4) is 0 Å². The minimum Gasteiger partial charge on any atom is -0.379 e. The third kappa shape index (κ3) is 5.64. The van der Waals surface area contributed by atoms with Gasteiger partial charge in [-0.15, -0.1) is 0 Å². The second kappa shape index (κ2) is 9.48. The van der Waals surface area contributed by atoms with Crippen LogP contribution in [-0.2, 0) is 4.74 Å². The SMILES string of the molecule is CCC1CCCC(NC(=NC)NCC(C)N2CCOCC2C)C1. The first kappa shape index (κ1) is 18.5. The van der Waals surface area contributed by atoms with Crippen LogP contribution in [0.2, 0.25) is 0 Å². The average molecular weight is 325 g/mol. The van der Waals surface area contributed by atoms with Crippen molar-refractivity contribution >= 4 is 5.96 Å². The van der Waals surface area contributed by atoms with E-state index in [0.29, 0.717) is 18.1 Å². The molecular formula is C18H36N4O. The van der Waals surface area contributed by atoms with Crippen LogP contribution in [0.15, 0.2) is 4.99 Å². The third-order valence-corrected chi connectivity index (χ3v) is 5.47. The summed E-state index contributed by atoms with van der Waals surface area (Å²) in [5.41, 5.74) is 0. The van der Waals surface area contributed by atoms with Crippen LogP contribution in [0, 0.1) is 5.92 Å². The Balaban J connectivity index is 1.76. The van der Waals surface area contributed by atoms with Gasteiger partial charge in [-0.3, -0.25) is 9.89 Å². The summed E-state index contributed by atoms with van der Waals surface area (Å²) in [7, 11) is 1.87. The Labute approximate surface area is 142 Å². The zero-order valence-corrected chi connectivity index (χ0v) is 15.5. The van der Waals surface area contributed by atoms with Crippen molar-refractivity contribution in [1.82, 2.24) is 15.5 Å². The molecule has 1 saturated carbocycles. The van der Waals surface area contributed by atoms with E-state index in [0.717, 1.165) is 38.2 Å². The predicted octanol–water partition coefficient (Wildman–Crippen LogP) is 2.23. The summed E-state index contributed by atoms with van der Waals surface area (Å²) in [6.07, 6.45) is 6.60. The molecule has 0 spiro atoms. The van der Waals surface area contributed by atoms with E-state index in [1.165, 1.54) is 32.1 Å². The van der Waals surface area contributed by atoms with Crippen molar-refractivity contribution < 1.29 is 4.74 Å². The molecule has 5 heteroatoms. The van der Waals surface area contributed by atoms with Crippen LogP contribution in [0.5, 0.6) is 0 Å². The van der Waals surface area contributed by atoms with Gasteiger partial charge < -0.3 is 15.4 Å². The van der Waals surface area contributed by atoms with E-state index < -0.39 is 0 Å². The number of nitrogens with zero attached hydrogens (tertiary/aromatic N) is 2. The Hall–Kier alpha value is -0.810. The molecule has 1 aliphatic carbocycles. The maximum Gasteiger partial charge on any atom is 0.191 e. The highest BCUT2D eigenvalue weighted by molar-refractivity contribution is 5.80. The van der Waals surface area contributed by atoms with Crippen molar-refractivity contribution in [2.75, 3.05) is 33.4 Å². The monoisotopic (exact) mass is 324 g/mol. The maximum atomic E-state index is 5.53. The van der Waals surface area contributed by atoms with Crippen LogP contribution < -0.4 is 10.6 Å². The fourth-order valence-corrected chi connectivity index (χ4v) is 3.94. The van der Waals surface area contributed by atoms with Gasteiger partial charge in [-0.2, -0.15) is 0 Å². The summed E-state index contributed by atoms with van der Waals surface area (Å²) >= 11 is 0. The van der Waals surface area contributed by atoms with E-state index in [9.17, 15) is 0 Å². The molecule has 0 bridgehead atoms. The molecule has 2 N–H and O–H groups in total. The van der Waals surface area contributed by atoms with Gasteiger partial charge in [-0.25, -0.2) is 0 Å². The van der Waals surface area contributed by atoms with Gasteiger partial charge in [0, 0.05) is 38.3 Å². The third-order valence-electron chi connectivity index (χ3n) is 5.47. The van der Waals surface area contributed by atoms with Crippen LogP contribution in [-0.4, -0.2) is 62.3 Å². The molecule has 2 aliphatic rings. The fourth-order valence-electron chi connectivity index (χ4n) is 3.94. The van der Waals surface area contributed by atoms with Crippen LogP contribution in [0.25, 0.3) is 0 Å². The Bertz CT molecular complexity index is 374. The van der Waals surface area contributed by atoms with E-state index in [1.807, 2.05) is 7.05 Å². The molecule has 2 rings (SSSR count). The molecule has 1 saturated heterocycles. The first-order chi connectivity index (χ1) is 11.1. The molecule has 4 atom stereocenters. The summed E-state index contributed by atoms with van der Waals surface area (Å²) in [5, 5.41) is 7.16. The number of hydrogen-bond donors (Lipinski definition) is 2. The summed E-state index contributed by atoms with van der Waals surface area (Å²) in [6.45, 7) is 10.5. The van der Waals surface area contributed by atoms with Crippen molar-refractivity contribution in [2.45, 2.75) is 71.0 Å². The number of morpholine rings is 1. The van der Waals surface area contributed by atoms with Crippen LogP contribution in [0.1, 0.15) is 52.9 Å². The molecule has 4 unspecified atom stereocenters. The molecule has 0 amide bonds. The van der Waals surface area contributed by atoms with Crippen LogP contribution in [0.4, 0.5) is 0 Å². The Kier molecular flexibility index (Phi) is 7.63. The van der Waals surface area contributed by atoms with Gasteiger partial charge >= 0.3 is 0 Å². The van der Waals surface area contributed by atoms with E-state index in [-0.39, 0.29) is 0 Å². The first-order valence-corrected chi connectivity index (χ1v) is 9.44. The van der Waals surface area contributed by atoms with E-state index in [2.05, 4.69) is 41.3 Å². The molecule has 1 heterocycles. The van der Waals surface area contributed by atoms with Gasteiger partial charge in [0.2, 0.25) is 0 Å². The lowest BCUT2D eigenvalue weighted by atomic mass is 9.84. The Morgan fingerprint density at radius 3 is 2.91 bits per heavy atom. The van der Waals surface area contributed by atoms with E-state index >= 15 is 0 Å². The minimum atomic E-state index is 0.488. The lowest BCUT2D eigenvalue weighted by molar-refractivity contribution is -0.0174. The molecule has 1 aliphatic heterocycles. The highest BCUT2D eigenvalue weighted by atomic mass is 16.5. The maximum absolute atomic E-state index is 5.53. The Morgan fingerprint density at radius 2 is 2.22 bits per heavy atom. The smallest absolute Gasteiger partial charge is 0.191 e. The second-order valence-electron chi connectivity index (χ2n) is 7.25. The molecule has 0 aromatic carbocycles. The summed E-state index contributed by atoms with van der Waals surface area (Å²) in [4.78, 5) is 6.95. The molecule has 23 heavy (non-hydrogen) atoms. The largest absolute Gasteiger partial charge is 0.379 e. The first-order valence-electron chi connectivity index (χ1n) is 9.44. The van der Waals surface area contributed by atoms with Crippen molar-refractivity contribution in [2.24, 2.45) is 10.9 Å². The zero-order valence-electron chi connectivity index (χ0n) is 15.5. The van der Waals surface area contributed by atoms with Crippen molar-refractivity contribution in [1.29, 1.82) is 0 Å². The number of ether oxygens (including phenoxy) is 1. The van der Waals surface area contributed by atoms with Gasteiger partial charge in [-0.1, -0.05) is 26.2 Å². The van der Waals surface area contributed by atoms with Crippen molar-refractivity contribution in [3.63, 3.8) is 0 Å². The number of guanidine groups is 1. The molecule has 0 aromatic rings. The normalized spacial score (nSPS) is 31.7. The van der Waals surface area contributed by atoms with Gasteiger partial charge in [0.15, 0.2) is 5.96 Å². The molecule has 0 aromatic heterocycles. The Morgan fingerprint density at radius 1 is 1.39 bits per heavy atom. The quantitative estimate of drug-likeness (QED) is 0.601. The standard InChI is InChI=1S/C18H36N4O/c1-5-16-7-6-8-17(11-16)21-18(19-4)20-12-14(2)22-9-10-23-13-15(22)3/h14-17H,5-13H2,1-4H3,(H2,19,20,21). The highest BCUT2D eigenvalue weighted by Gasteiger charge is 2.24. The zero-order chi connectivity index (χ0) is 16.7. The fraction of sp³-hybridized carbons (Fsp3) is 0.944.